The van der Waals surface area contributed by atoms with Gasteiger partial charge in [-0.05, 0) is 60.1 Å². The van der Waals surface area contributed by atoms with Gasteiger partial charge in [0.2, 0.25) is 5.82 Å². The van der Waals surface area contributed by atoms with E-state index in [0.717, 1.165) is 12.1 Å². The Morgan fingerprint density at radius 1 is 0.882 bits per heavy atom. The molecule has 1 aromatic heterocycles. The zero-order valence-electron chi connectivity index (χ0n) is 19.9. The van der Waals surface area contributed by atoms with Gasteiger partial charge in [0.1, 0.15) is 17.2 Å². The second-order valence-electron chi connectivity index (χ2n) is 9.49. The average Bonchev–Trinajstić information content (AvgIpc) is 2.68. The van der Waals surface area contributed by atoms with Crippen molar-refractivity contribution < 1.29 is 32.2 Å². The van der Waals surface area contributed by atoms with Gasteiger partial charge in [-0.3, -0.25) is 0 Å². The molecule has 0 bridgehead atoms. The monoisotopic (exact) mass is 483 g/mol. The predicted molar refractivity (Wildman–Crippen MR) is 115 cm³/mol. The minimum absolute atomic E-state index is 0.0491. The Morgan fingerprint density at radius 3 is 1.88 bits per heavy atom. The van der Waals surface area contributed by atoms with E-state index in [9.17, 15) is 22.8 Å². The van der Waals surface area contributed by atoms with Crippen LogP contribution in [0, 0.1) is 0 Å². The molecule has 0 fully saturated rings. The number of hydrogen-bond acceptors (Lipinski definition) is 8. The fourth-order valence-corrected chi connectivity index (χ4v) is 2.62. The quantitative estimate of drug-likeness (QED) is 0.610. The molecule has 12 heteroatoms. The first kappa shape index (κ1) is 26.9. The van der Waals surface area contributed by atoms with Gasteiger partial charge < -0.3 is 14.8 Å². The maximum absolute atomic E-state index is 12.7. The smallest absolute Gasteiger partial charge is 0.416 e. The van der Waals surface area contributed by atoms with Gasteiger partial charge in [0.25, 0.3) is 0 Å². The highest BCUT2D eigenvalue weighted by molar-refractivity contribution is 5.81. The lowest BCUT2D eigenvalue weighted by atomic mass is 10.1. The number of amides is 1. The van der Waals surface area contributed by atoms with E-state index in [1.807, 2.05) is 0 Å². The van der Waals surface area contributed by atoms with Crippen LogP contribution >= 0.6 is 0 Å². The molecule has 1 aromatic carbocycles. The number of rotatable bonds is 6. The summed E-state index contributed by atoms with van der Waals surface area (Å²) in [4.78, 5) is 24.7. The molecule has 0 aliphatic heterocycles. The number of nitrogens with one attached hydrogen (secondary N) is 1. The van der Waals surface area contributed by atoms with E-state index in [0.29, 0.717) is 5.56 Å². The van der Waals surface area contributed by atoms with Gasteiger partial charge in [-0.2, -0.15) is 13.2 Å². The SMILES string of the molecule is CC(C)(C)OC(=O)NC(CCc1nnc(-c2ccc(C(F)(F)F)cc2)nn1)C(=O)OC(C)(C)C. The van der Waals surface area contributed by atoms with E-state index >= 15 is 0 Å². The van der Waals surface area contributed by atoms with Crippen molar-refractivity contribution >= 4 is 12.1 Å². The molecule has 1 unspecified atom stereocenters. The maximum Gasteiger partial charge on any atom is 0.416 e. The van der Waals surface area contributed by atoms with Crippen molar-refractivity contribution in [1.29, 1.82) is 0 Å². The largest absolute Gasteiger partial charge is 0.458 e. The van der Waals surface area contributed by atoms with Gasteiger partial charge in [0.15, 0.2) is 5.82 Å². The third-order valence-corrected chi connectivity index (χ3v) is 4.03. The van der Waals surface area contributed by atoms with Crippen LogP contribution in [0.2, 0.25) is 0 Å². The molecule has 2 rings (SSSR count). The molecule has 0 spiro atoms. The Labute approximate surface area is 195 Å². The summed E-state index contributed by atoms with van der Waals surface area (Å²) in [7, 11) is 0. The highest BCUT2D eigenvalue weighted by atomic mass is 19.4. The molecule has 0 aliphatic carbocycles. The minimum atomic E-state index is -4.45. The molecule has 9 nitrogen and oxygen atoms in total. The van der Waals surface area contributed by atoms with E-state index in [4.69, 9.17) is 9.47 Å². The molecular weight excluding hydrogens is 455 g/mol. The zero-order valence-corrected chi connectivity index (χ0v) is 19.9. The van der Waals surface area contributed by atoms with Crippen molar-refractivity contribution in [3.63, 3.8) is 0 Å². The summed E-state index contributed by atoms with van der Waals surface area (Å²) in [6, 6.07) is 3.25. The first-order valence-electron chi connectivity index (χ1n) is 10.5. The fraction of sp³-hybridized carbons (Fsp3) is 0.545. The summed E-state index contributed by atoms with van der Waals surface area (Å²) >= 11 is 0. The number of benzene rings is 1. The third kappa shape index (κ3) is 8.91. The molecular formula is C22H28F3N5O4. The van der Waals surface area contributed by atoms with E-state index in [2.05, 4.69) is 25.7 Å². The number of carbonyl (C=O) groups excluding carboxylic acids is 2. The van der Waals surface area contributed by atoms with Crippen molar-refractivity contribution in [3.8, 4) is 11.4 Å². The van der Waals surface area contributed by atoms with Gasteiger partial charge in [0, 0.05) is 12.0 Å². The van der Waals surface area contributed by atoms with E-state index in [-0.39, 0.29) is 24.5 Å². The fourth-order valence-electron chi connectivity index (χ4n) is 2.62. The molecule has 0 saturated carbocycles. The number of carbonyl (C=O) groups is 2. The van der Waals surface area contributed by atoms with Crippen molar-refractivity contribution in [3.05, 3.63) is 35.7 Å². The van der Waals surface area contributed by atoms with Gasteiger partial charge in [-0.25, -0.2) is 9.59 Å². The Balaban J connectivity index is 2.08. The molecule has 186 valence electrons. The van der Waals surface area contributed by atoms with Crippen LogP contribution in [0.5, 0.6) is 0 Å². The van der Waals surface area contributed by atoms with Crippen LogP contribution in [0.4, 0.5) is 18.0 Å². The summed E-state index contributed by atoms with van der Waals surface area (Å²) in [6.07, 6.45) is -5.03. The lowest BCUT2D eigenvalue weighted by Crippen LogP contribution is -2.46. The van der Waals surface area contributed by atoms with Crippen LogP contribution < -0.4 is 5.32 Å². The van der Waals surface area contributed by atoms with Gasteiger partial charge in [-0.15, -0.1) is 20.4 Å². The normalized spacial score (nSPS) is 13.2. The van der Waals surface area contributed by atoms with Gasteiger partial charge >= 0.3 is 18.2 Å². The van der Waals surface area contributed by atoms with Crippen molar-refractivity contribution in [2.24, 2.45) is 0 Å². The van der Waals surface area contributed by atoms with Crippen LogP contribution in [-0.2, 0) is 26.9 Å². The number of hydrogen-bond donors (Lipinski definition) is 1. The number of alkyl halides is 3. The van der Waals surface area contributed by atoms with Crippen LogP contribution in [0.1, 0.15) is 59.4 Å². The number of aryl methyl sites for hydroxylation is 1. The topological polar surface area (TPSA) is 116 Å². The molecule has 1 amide bonds. The summed E-state index contributed by atoms with van der Waals surface area (Å²) in [5, 5.41) is 18.2. The van der Waals surface area contributed by atoms with Crippen LogP contribution in [-0.4, -0.2) is 49.7 Å². The van der Waals surface area contributed by atoms with E-state index < -0.39 is 41.0 Å². The molecule has 1 heterocycles. The first-order chi connectivity index (χ1) is 15.5. The second kappa shape index (κ2) is 10.3. The van der Waals surface area contributed by atoms with Crippen LogP contribution in [0.15, 0.2) is 24.3 Å². The lowest BCUT2D eigenvalue weighted by molar-refractivity contribution is -0.157. The summed E-state index contributed by atoms with van der Waals surface area (Å²) in [5.41, 5.74) is -2.00. The third-order valence-electron chi connectivity index (χ3n) is 4.03. The average molecular weight is 483 g/mol. The molecule has 0 saturated heterocycles. The number of ether oxygens (including phenoxy) is 2. The molecule has 0 aliphatic rings. The minimum Gasteiger partial charge on any atom is -0.458 e. The molecule has 1 atom stereocenters. The lowest BCUT2D eigenvalue weighted by Gasteiger charge is -2.26. The Bertz CT molecular complexity index is 982. The maximum atomic E-state index is 12.7. The van der Waals surface area contributed by atoms with Crippen molar-refractivity contribution in [2.45, 2.75) is 77.8 Å². The number of aromatic nitrogens is 4. The highest BCUT2D eigenvalue weighted by Crippen LogP contribution is 2.30. The molecule has 0 radical (unpaired) electrons. The van der Waals surface area contributed by atoms with Crippen molar-refractivity contribution in [2.75, 3.05) is 0 Å². The Kier molecular flexibility index (Phi) is 8.17. The first-order valence-corrected chi connectivity index (χ1v) is 10.5. The summed E-state index contributed by atoms with van der Waals surface area (Å²) in [6.45, 7) is 10.2. The standard InChI is InChI=1S/C22H28F3N5O4/c1-20(2,3)33-18(31)15(26-19(32)34-21(4,5)6)11-12-16-27-29-17(30-28-16)13-7-9-14(10-8-13)22(23,24)25/h7-10,15H,11-12H2,1-6H3,(H,26,32). The summed E-state index contributed by atoms with van der Waals surface area (Å²) in [5.74, 6) is -0.427. The predicted octanol–water partition coefficient (Wildman–Crippen LogP) is 4.12. The highest BCUT2D eigenvalue weighted by Gasteiger charge is 2.30. The number of nitrogens with zero attached hydrogens (tertiary/aromatic N) is 4. The zero-order chi connectivity index (χ0) is 25.7. The Morgan fingerprint density at radius 2 is 1.41 bits per heavy atom. The molecule has 34 heavy (non-hydrogen) atoms. The van der Waals surface area contributed by atoms with Gasteiger partial charge in [-0.1, -0.05) is 12.1 Å². The van der Waals surface area contributed by atoms with E-state index in [1.165, 1.54) is 12.1 Å². The van der Waals surface area contributed by atoms with Crippen LogP contribution in [0.3, 0.4) is 0 Å². The van der Waals surface area contributed by atoms with Crippen LogP contribution in [0.25, 0.3) is 11.4 Å². The number of esters is 1. The van der Waals surface area contributed by atoms with E-state index in [1.54, 1.807) is 41.5 Å². The van der Waals surface area contributed by atoms with Crippen molar-refractivity contribution in [1.82, 2.24) is 25.7 Å². The number of alkyl carbamates (subject to hydrolysis) is 1. The Hall–Kier alpha value is -3.31. The molecule has 2 aromatic rings. The number of halogens is 3. The van der Waals surface area contributed by atoms with Gasteiger partial charge in [0.05, 0.1) is 5.56 Å². The molecule has 1 N–H and O–H groups in total. The second-order valence-corrected chi connectivity index (χ2v) is 9.49. The summed E-state index contributed by atoms with van der Waals surface area (Å²) < 4.78 is 48.7.